The summed E-state index contributed by atoms with van der Waals surface area (Å²) in [5, 5.41) is 13.6. The third-order valence-corrected chi connectivity index (χ3v) is 5.92. The van der Waals surface area contributed by atoms with Crippen molar-refractivity contribution < 1.29 is 27.7 Å². The number of amidine groups is 1. The molecular weight excluding hydrogens is 440 g/mol. The van der Waals surface area contributed by atoms with E-state index < -0.39 is 39.1 Å². The molecule has 0 saturated carbocycles. The van der Waals surface area contributed by atoms with Gasteiger partial charge in [0.05, 0.1) is 9.82 Å². The topological polar surface area (TPSA) is 157 Å². The summed E-state index contributed by atoms with van der Waals surface area (Å²) in [6, 6.07) is 9.66. The zero-order valence-electron chi connectivity index (χ0n) is 17.0. The van der Waals surface area contributed by atoms with E-state index in [0.29, 0.717) is 24.4 Å². The minimum Gasteiger partial charge on any atom is -0.452 e. The van der Waals surface area contributed by atoms with Gasteiger partial charge in [-0.25, -0.2) is 13.2 Å². The molecule has 0 aromatic heterocycles. The molecule has 0 saturated heterocycles. The van der Waals surface area contributed by atoms with Crippen molar-refractivity contribution in [2.24, 2.45) is 4.99 Å². The third-order valence-electron chi connectivity index (χ3n) is 4.54. The minimum absolute atomic E-state index is 0.0718. The van der Waals surface area contributed by atoms with Gasteiger partial charge in [0.25, 0.3) is 21.6 Å². The van der Waals surface area contributed by atoms with Crippen LogP contribution in [0.4, 0.5) is 11.4 Å². The standard InChI is InChI=1S/C20H20N4O7S/c1-13-5-2-8-16(24(27)28)19(13)20(26)31-12-18(25)22-14-6-3-7-15(11-14)32(29,30)23-17-9-4-10-21-17/h2-3,5-8,11H,4,9-10,12H2,1H3,(H,21,23)(H,22,25). The van der Waals surface area contributed by atoms with Gasteiger partial charge in [0.15, 0.2) is 6.61 Å². The molecule has 2 aromatic rings. The van der Waals surface area contributed by atoms with Crippen molar-refractivity contribution in [2.75, 3.05) is 18.5 Å². The third kappa shape index (κ3) is 5.46. The quantitative estimate of drug-likeness (QED) is 0.364. The van der Waals surface area contributed by atoms with Crippen molar-refractivity contribution in [1.29, 1.82) is 0 Å². The number of amides is 1. The van der Waals surface area contributed by atoms with Gasteiger partial charge in [0, 0.05) is 24.7 Å². The van der Waals surface area contributed by atoms with Gasteiger partial charge in [0.1, 0.15) is 11.4 Å². The molecule has 0 bridgehead atoms. The molecule has 11 nitrogen and oxygen atoms in total. The van der Waals surface area contributed by atoms with Crippen molar-refractivity contribution in [3.05, 3.63) is 63.7 Å². The van der Waals surface area contributed by atoms with E-state index in [1.807, 2.05) is 0 Å². The van der Waals surface area contributed by atoms with Crippen molar-refractivity contribution >= 4 is 39.1 Å². The van der Waals surface area contributed by atoms with E-state index in [-0.39, 0.29) is 16.1 Å². The predicted octanol–water partition coefficient (Wildman–Crippen LogP) is 2.17. The van der Waals surface area contributed by atoms with Crippen molar-refractivity contribution in [3.8, 4) is 0 Å². The number of nitro benzene ring substituents is 1. The van der Waals surface area contributed by atoms with Gasteiger partial charge in [-0.15, -0.1) is 0 Å². The fourth-order valence-corrected chi connectivity index (χ4v) is 4.18. The number of rotatable bonds is 7. The van der Waals surface area contributed by atoms with Gasteiger partial charge in [-0.2, -0.15) is 0 Å². The Morgan fingerprint density at radius 2 is 1.97 bits per heavy atom. The van der Waals surface area contributed by atoms with Crippen LogP contribution in [-0.4, -0.2) is 44.2 Å². The minimum atomic E-state index is -3.86. The number of nitrogens with one attached hydrogen (secondary N) is 2. The van der Waals surface area contributed by atoms with E-state index in [9.17, 15) is 28.1 Å². The number of benzene rings is 2. The van der Waals surface area contributed by atoms with Crippen LogP contribution in [-0.2, 0) is 19.6 Å². The number of anilines is 1. The molecule has 3 rings (SSSR count). The SMILES string of the molecule is Cc1cccc([N+](=O)[O-])c1C(=O)OCC(=O)Nc1cccc(S(=O)(=O)NC2=NCCC2)c1. The molecule has 0 spiro atoms. The number of hydrogen-bond acceptors (Lipinski definition) is 8. The lowest BCUT2D eigenvalue weighted by atomic mass is 10.1. The highest BCUT2D eigenvalue weighted by atomic mass is 32.2. The first-order valence-corrected chi connectivity index (χ1v) is 11.0. The Bertz CT molecular complexity index is 1210. The van der Waals surface area contributed by atoms with Crippen LogP contribution in [0.1, 0.15) is 28.8 Å². The summed E-state index contributed by atoms with van der Waals surface area (Å²) in [5.41, 5.74) is -0.155. The highest BCUT2D eigenvalue weighted by Gasteiger charge is 2.24. The van der Waals surface area contributed by atoms with Crippen LogP contribution in [0, 0.1) is 17.0 Å². The van der Waals surface area contributed by atoms with Crippen LogP contribution in [0.3, 0.4) is 0 Å². The number of esters is 1. The molecule has 12 heteroatoms. The average Bonchev–Trinajstić information content (AvgIpc) is 3.24. The summed E-state index contributed by atoms with van der Waals surface area (Å²) in [6.07, 6.45) is 1.32. The van der Waals surface area contributed by atoms with E-state index in [0.717, 1.165) is 6.42 Å². The monoisotopic (exact) mass is 460 g/mol. The van der Waals surface area contributed by atoms with Crippen LogP contribution in [0.5, 0.6) is 0 Å². The molecule has 0 atom stereocenters. The lowest BCUT2D eigenvalue weighted by Gasteiger charge is -2.11. The Labute approximate surface area is 183 Å². The lowest BCUT2D eigenvalue weighted by molar-refractivity contribution is -0.385. The highest BCUT2D eigenvalue weighted by molar-refractivity contribution is 7.90. The Kier molecular flexibility index (Phi) is 6.83. The van der Waals surface area contributed by atoms with Crippen molar-refractivity contribution in [2.45, 2.75) is 24.7 Å². The second kappa shape index (κ2) is 9.56. The van der Waals surface area contributed by atoms with Crippen molar-refractivity contribution in [3.63, 3.8) is 0 Å². The number of carbonyl (C=O) groups excluding carboxylic acids is 2. The van der Waals surface area contributed by atoms with Gasteiger partial charge in [-0.05, 0) is 37.1 Å². The lowest BCUT2D eigenvalue weighted by Crippen LogP contribution is -2.29. The molecule has 0 unspecified atom stereocenters. The summed E-state index contributed by atoms with van der Waals surface area (Å²) >= 11 is 0. The van der Waals surface area contributed by atoms with E-state index >= 15 is 0 Å². The number of aryl methyl sites for hydroxylation is 1. The second-order valence-electron chi connectivity index (χ2n) is 6.92. The number of aliphatic imine (C=N–C) groups is 1. The van der Waals surface area contributed by atoms with Crippen molar-refractivity contribution in [1.82, 2.24) is 4.72 Å². The van der Waals surface area contributed by atoms with Gasteiger partial charge in [-0.1, -0.05) is 18.2 Å². The highest BCUT2D eigenvalue weighted by Crippen LogP contribution is 2.23. The molecule has 2 aromatic carbocycles. The molecule has 0 fully saturated rings. The molecule has 1 aliphatic heterocycles. The summed E-state index contributed by atoms with van der Waals surface area (Å²) < 4.78 is 32.3. The van der Waals surface area contributed by atoms with Gasteiger partial charge in [-0.3, -0.25) is 24.6 Å². The molecule has 1 amide bonds. The van der Waals surface area contributed by atoms with Crippen LogP contribution in [0.25, 0.3) is 0 Å². The molecule has 0 radical (unpaired) electrons. The molecule has 2 N–H and O–H groups in total. The Balaban J connectivity index is 1.64. The first kappa shape index (κ1) is 22.9. The summed E-state index contributed by atoms with van der Waals surface area (Å²) in [6.45, 7) is 1.37. The molecular formula is C20H20N4O7S. The number of carbonyl (C=O) groups is 2. The second-order valence-corrected chi connectivity index (χ2v) is 8.60. The average molecular weight is 460 g/mol. The van der Waals surface area contributed by atoms with E-state index in [1.54, 1.807) is 0 Å². The van der Waals surface area contributed by atoms with Gasteiger partial charge < -0.3 is 10.1 Å². The van der Waals surface area contributed by atoms with E-state index in [1.165, 1.54) is 49.4 Å². The van der Waals surface area contributed by atoms with Crippen LogP contribution < -0.4 is 10.0 Å². The number of ether oxygens (including phenoxy) is 1. The number of nitro groups is 1. The Morgan fingerprint density at radius 3 is 2.66 bits per heavy atom. The number of hydrogen-bond donors (Lipinski definition) is 2. The first-order valence-electron chi connectivity index (χ1n) is 9.54. The number of nitrogens with zero attached hydrogens (tertiary/aromatic N) is 2. The predicted molar refractivity (Wildman–Crippen MR) is 115 cm³/mol. The molecule has 1 heterocycles. The zero-order valence-corrected chi connectivity index (χ0v) is 17.8. The summed E-state index contributed by atoms with van der Waals surface area (Å²) in [4.78, 5) is 38.9. The van der Waals surface area contributed by atoms with Crippen LogP contribution >= 0.6 is 0 Å². The van der Waals surface area contributed by atoms with Crippen LogP contribution in [0.15, 0.2) is 52.4 Å². The first-order chi connectivity index (χ1) is 15.2. The molecule has 1 aliphatic rings. The smallest absolute Gasteiger partial charge is 0.345 e. The zero-order chi connectivity index (χ0) is 23.3. The normalized spacial score (nSPS) is 13.2. The Hall–Kier alpha value is -3.80. The number of sulfonamides is 1. The van der Waals surface area contributed by atoms with Gasteiger partial charge in [0.2, 0.25) is 0 Å². The summed E-state index contributed by atoms with van der Waals surface area (Å²) in [5.74, 6) is -1.36. The largest absolute Gasteiger partial charge is 0.452 e. The Morgan fingerprint density at radius 1 is 1.22 bits per heavy atom. The van der Waals surface area contributed by atoms with E-state index in [4.69, 9.17) is 4.74 Å². The fourth-order valence-electron chi connectivity index (χ4n) is 3.05. The maximum absolute atomic E-state index is 12.5. The summed E-state index contributed by atoms with van der Waals surface area (Å²) in [7, 11) is -3.86. The molecule has 32 heavy (non-hydrogen) atoms. The van der Waals surface area contributed by atoms with E-state index in [2.05, 4.69) is 15.0 Å². The molecule has 168 valence electrons. The molecule has 0 aliphatic carbocycles. The maximum atomic E-state index is 12.5. The van der Waals surface area contributed by atoms with Crippen LogP contribution in [0.2, 0.25) is 0 Å². The maximum Gasteiger partial charge on any atom is 0.345 e. The fraction of sp³-hybridized carbons (Fsp3) is 0.250. The van der Waals surface area contributed by atoms with Gasteiger partial charge >= 0.3 is 5.97 Å².